The summed E-state index contributed by atoms with van der Waals surface area (Å²) >= 11 is 0. The van der Waals surface area contributed by atoms with E-state index < -0.39 is 0 Å². The molecule has 1 unspecified atom stereocenters. The zero-order valence-corrected chi connectivity index (χ0v) is 6.68. The zero-order valence-electron chi connectivity index (χ0n) is 5.05. The van der Waals surface area contributed by atoms with Crippen molar-refractivity contribution in [2.45, 2.75) is 6.92 Å². The van der Waals surface area contributed by atoms with Gasteiger partial charge in [-0.05, 0) is 19.1 Å². The number of rotatable bonds is 0. The van der Waals surface area contributed by atoms with Crippen LogP contribution < -0.4 is 0 Å². The summed E-state index contributed by atoms with van der Waals surface area (Å²) in [6.45, 7) is 2.15. The Morgan fingerprint density at radius 1 is 1.62 bits per heavy atom. The van der Waals surface area contributed by atoms with E-state index >= 15 is 0 Å². The van der Waals surface area contributed by atoms with Crippen LogP contribution in [0.15, 0.2) is 22.5 Å². The summed E-state index contributed by atoms with van der Waals surface area (Å²) in [6.07, 6.45) is 6.52. The lowest BCUT2D eigenvalue weighted by atomic mass is 10.5. The van der Waals surface area contributed by atoms with Crippen LogP contribution in [0.25, 0.3) is 0 Å². The highest BCUT2D eigenvalue weighted by Crippen LogP contribution is 2.27. The molecule has 1 aliphatic rings. The second-order valence-corrected chi connectivity index (χ2v) is 5.85. The Labute approximate surface area is 56.8 Å². The highest BCUT2D eigenvalue weighted by Gasteiger charge is 2.12. The maximum absolute atomic E-state index is 2.23. The van der Waals surface area contributed by atoms with E-state index in [2.05, 4.69) is 30.7 Å². The van der Waals surface area contributed by atoms with Gasteiger partial charge in [0.05, 0.1) is 9.93 Å². The van der Waals surface area contributed by atoms with Crippen LogP contribution in [0.2, 0.25) is 0 Å². The predicted molar refractivity (Wildman–Crippen MR) is 43.8 cm³/mol. The van der Waals surface area contributed by atoms with Crippen LogP contribution in [-0.2, 0) is 9.93 Å². The van der Waals surface area contributed by atoms with Crippen molar-refractivity contribution in [1.29, 1.82) is 0 Å². The van der Waals surface area contributed by atoms with E-state index in [1.807, 2.05) is 10.8 Å². The van der Waals surface area contributed by atoms with Crippen molar-refractivity contribution in [2.24, 2.45) is 0 Å². The van der Waals surface area contributed by atoms with Gasteiger partial charge in [-0.15, -0.1) is 0 Å². The summed E-state index contributed by atoms with van der Waals surface area (Å²) < 4.78 is 0. The molecule has 0 bridgehead atoms. The Hall–Kier alpha value is 0.180. The van der Waals surface area contributed by atoms with E-state index in [0.717, 1.165) is 0 Å². The number of hydrogen-bond donors (Lipinski definition) is 0. The molecule has 44 valence electrons. The largest absolute Gasteiger partial charge is 0.132 e. The number of allylic oxidation sites excluding steroid dienone is 3. The lowest BCUT2D eigenvalue weighted by Gasteiger charge is -1.97. The lowest BCUT2D eigenvalue weighted by Crippen LogP contribution is -1.88. The highest BCUT2D eigenvalue weighted by molar-refractivity contribution is 8.76. The topological polar surface area (TPSA) is 0 Å². The molecule has 1 aliphatic heterocycles. The minimum atomic E-state index is 0.448. The Kier molecular flexibility index (Phi) is 2.08. The molecule has 0 radical (unpaired) electrons. The normalized spacial score (nSPS) is 27.8. The zero-order chi connectivity index (χ0) is 5.98. The van der Waals surface area contributed by atoms with Crippen LogP contribution in [0.5, 0.6) is 0 Å². The molecule has 1 atom stereocenters. The van der Waals surface area contributed by atoms with Gasteiger partial charge in [-0.25, -0.2) is 0 Å². The highest BCUT2D eigenvalue weighted by atomic mass is 33.1. The molecule has 0 saturated carbocycles. The van der Waals surface area contributed by atoms with Gasteiger partial charge in [-0.3, -0.25) is 0 Å². The summed E-state index contributed by atoms with van der Waals surface area (Å²) in [7, 11) is 2.39. The fourth-order valence-electron chi connectivity index (χ4n) is 0.548. The molecule has 1 heterocycles. The molecular weight excluding hydrogens is 136 g/mol. The van der Waals surface area contributed by atoms with Gasteiger partial charge >= 0.3 is 0 Å². The molecule has 0 fully saturated rings. The summed E-state index contributed by atoms with van der Waals surface area (Å²) in [6, 6.07) is 0. The third-order valence-electron chi connectivity index (χ3n) is 0.864. The summed E-state index contributed by atoms with van der Waals surface area (Å²) in [5.41, 5.74) is 0. The van der Waals surface area contributed by atoms with Crippen molar-refractivity contribution in [3.8, 4) is 0 Å². The van der Waals surface area contributed by atoms with Gasteiger partial charge in [0.15, 0.2) is 0 Å². The maximum Gasteiger partial charge on any atom is 0.132 e. The molecule has 0 aromatic rings. The van der Waals surface area contributed by atoms with Crippen LogP contribution in [0.3, 0.4) is 0 Å². The standard InChI is InChI=1S/C6H9S2/c1-6-4-3-5-8(2)7-6/h3-5H,1-2H3/q+1. The van der Waals surface area contributed by atoms with Crippen molar-refractivity contribution < 1.29 is 0 Å². The van der Waals surface area contributed by atoms with E-state index in [1.54, 1.807) is 0 Å². The van der Waals surface area contributed by atoms with Gasteiger partial charge in [0.25, 0.3) is 0 Å². The van der Waals surface area contributed by atoms with Gasteiger partial charge in [0.2, 0.25) is 0 Å². The molecule has 0 spiro atoms. The second kappa shape index (κ2) is 2.65. The Morgan fingerprint density at radius 2 is 2.38 bits per heavy atom. The number of hydrogen-bond acceptors (Lipinski definition) is 1. The van der Waals surface area contributed by atoms with Gasteiger partial charge in [0.1, 0.15) is 22.5 Å². The van der Waals surface area contributed by atoms with Gasteiger partial charge in [-0.1, -0.05) is 0 Å². The quantitative estimate of drug-likeness (QED) is 0.372. The average Bonchev–Trinajstić information content (AvgIpc) is 1.64. The SMILES string of the molecule is CC1=CC=C[S+](C)S1. The molecule has 0 aliphatic carbocycles. The van der Waals surface area contributed by atoms with Gasteiger partial charge < -0.3 is 0 Å². The molecule has 2 heteroatoms. The fourth-order valence-corrected chi connectivity index (χ4v) is 3.22. The first kappa shape index (κ1) is 6.30. The molecule has 1 rings (SSSR count). The molecule has 0 N–H and O–H groups in total. The molecule has 0 nitrogen and oxygen atoms in total. The first-order valence-corrected chi connectivity index (χ1v) is 5.50. The fraction of sp³-hybridized carbons (Fsp3) is 0.333. The third-order valence-corrected chi connectivity index (χ3v) is 3.98. The van der Waals surface area contributed by atoms with Gasteiger partial charge in [-0.2, -0.15) is 0 Å². The van der Waals surface area contributed by atoms with Crippen LogP contribution in [0.4, 0.5) is 0 Å². The second-order valence-electron chi connectivity index (χ2n) is 1.69. The molecule has 0 aromatic heterocycles. The Bertz CT molecular complexity index is 135. The lowest BCUT2D eigenvalue weighted by molar-refractivity contribution is 1.68. The maximum atomic E-state index is 2.23. The van der Waals surface area contributed by atoms with E-state index in [0.29, 0.717) is 9.93 Å². The minimum absolute atomic E-state index is 0.448. The molecular formula is C6H9S2+. The summed E-state index contributed by atoms with van der Waals surface area (Å²) in [5, 5.41) is 2.23. The van der Waals surface area contributed by atoms with Crippen LogP contribution >= 0.6 is 10.8 Å². The summed E-state index contributed by atoms with van der Waals surface area (Å²) in [5.74, 6) is 0. The van der Waals surface area contributed by atoms with Crippen molar-refractivity contribution in [1.82, 2.24) is 0 Å². The molecule has 8 heavy (non-hydrogen) atoms. The van der Waals surface area contributed by atoms with Crippen LogP contribution in [-0.4, -0.2) is 6.26 Å². The average molecular weight is 145 g/mol. The van der Waals surface area contributed by atoms with Crippen LogP contribution in [0, 0.1) is 0 Å². The van der Waals surface area contributed by atoms with Crippen molar-refractivity contribution in [2.75, 3.05) is 6.26 Å². The predicted octanol–water partition coefficient (Wildman–Crippen LogP) is 2.31. The van der Waals surface area contributed by atoms with Crippen molar-refractivity contribution in [3.05, 3.63) is 22.5 Å². The Balaban J connectivity index is 2.59. The van der Waals surface area contributed by atoms with Crippen molar-refractivity contribution >= 4 is 20.7 Å². The first-order chi connectivity index (χ1) is 3.79. The minimum Gasteiger partial charge on any atom is -0.0440 e. The molecule has 0 saturated heterocycles. The smallest absolute Gasteiger partial charge is 0.0440 e. The summed E-state index contributed by atoms with van der Waals surface area (Å²) in [4.78, 5) is 1.43. The first-order valence-electron chi connectivity index (χ1n) is 2.47. The van der Waals surface area contributed by atoms with Crippen LogP contribution in [0.1, 0.15) is 6.92 Å². The van der Waals surface area contributed by atoms with Gasteiger partial charge in [0, 0.05) is 4.91 Å². The Morgan fingerprint density at radius 3 is 2.75 bits per heavy atom. The molecule has 0 aromatic carbocycles. The molecule has 0 amide bonds. The van der Waals surface area contributed by atoms with Crippen molar-refractivity contribution in [3.63, 3.8) is 0 Å². The van der Waals surface area contributed by atoms with E-state index in [9.17, 15) is 0 Å². The third kappa shape index (κ3) is 1.60. The van der Waals surface area contributed by atoms with E-state index in [-0.39, 0.29) is 0 Å². The van der Waals surface area contributed by atoms with E-state index in [4.69, 9.17) is 0 Å². The van der Waals surface area contributed by atoms with E-state index in [1.165, 1.54) is 4.91 Å². The monoisotopic (exact) mass is 145 g/mol.